The maximum Gasteiger partial charge on any atom is 0.287 e. The van der Waals surface area contributed by atoms with Crippen LogP contribution in [0.25, 0.3) is 21.7 Å². The molecule has 1 aliphatic rings. The van der Waals surface area contributed by atoms with E-state index < -0.39 is 0 Å². The number of amides is 1. The van der Waals surface area contributed by atoms with Crippen LogP contribution in [0.3, 0.4) is 0 Å². The van der Waals surface area contributed by atoms with Gasteiger partial charge in [0.15, 0.2) is 5.76 Å². The van der Waals surface area contributed by atoms with Gasteiger partial charge in [-0.3, -0.25) is 4.79 Å². The Hall–Kier alpha value is -2.33. The zero-order valence-corrected chi connectivity index (χ0v) is 13.2. The molecule has 4 rings (SSSR count). The first-order valence-corrected chi connectivity index (χ1v) is 8.11. The van der Waals surface area contributed by atoms with Gasteiger partial charge < -0.3 is 14.6 Å². The molecule has 1 aliphatic heterocycles. The monoisotopic (exact) mass is 308 g/mol. The van der Waals surface area contributed by atoms with Gasteiger partial charge in [-0.05, 0) is 55.9 Å². The number of carbonyl (C=O) groups excluding carboxylic acids is 1. The van der Waals surface area contributed by atoms with E-state index in [9.17, 15) is 4.79 Å². The van der Waals surface area contributed by atoms with Crippen molar-refractivity contribution in [2.24, 2.45) is 0 Å². The summed E-state index contributed by atoms with van der Waals surface area (Å²) in [7, 11) is 2.11. The van der Waals surface area contributed by atoms with Crippen LogP contribution in [-0.2, 0) is 0 Å². The van der Waals surface area contributed by atoms with Crippen LogP contribution in [0.1, 0.15) is 23.4 Å². The lowest BCUT2D eigenvalue weighted by Gasteiger charge is -2.29. The van der Waals surface area contributed by atoms with Gasteiger partial charge in [-0.25, -0.2) is 0 Å². The molecule has 23 heavy (non-hydrogen) atoms. The Labute approximate surface area is 135 Å². The van der Waals surface area contributed by atoms with E-state index in [2.05, 4.69) is 29.4 Å². The second-order valence-corrected chi connectivity index (χ2v) is 6.36. The van der Waals surface area contributed by atoms with Crippen LogP contribution >= 0.6 is 0 Å². The number of piperidine rings is 1. The zero-order chi connectivity index (χ0) is 15.8. The average molecular weight is 308 g/mol. The molecule has 2 heterocycles. The van der Waals surface area contributed by atoms with Crippen LogP contribution in [0.5, 0.6) is 0 Å². The van der Waals surface area contributed by atoms with Gasteiger partial charge >= 0.3 is 0 Å². The van der Waals surface area contributed by atoms with Crippen LogP contribution in [-0.4, -0.2) is 37.0 Å². The number of furan rings is 1. The third-order valence-electron chi connectivity index (χ3n) is 4.70. The number of carbonyl (C=O) groups is 1. The second kappa shape index (κ2) is 5.70. The first-order chi connectivity index (χ1) is 11.2. The molecule has 118 valence electrons. The number of likely N-dealkylation sites (tertiary alicyclic amines) is 1. The topological polar surface area (TPSA) is 45.5 Å². The molecular weight excluding hydrogens is 288 g/mol. The number of hydrogen-bond acceptors (Lipinski definition) is 3. The Morgan fingerprint density at radius 1 is 1.13 bits per heavy atom. The van der Waals surface area contributed by atoms with Gasteiger partial charge in [0, 0.05) is 11.4 Å². The Balaban J connectivity index is 1.61. The lowest BCUT2D eigenvalue weighted by atomic mass is 10.1. The molecule has 3 aromatic rings. The quantitative estimate of drug-likeness (QED) is 0.789. The summed E-state index contributed by atoms with van der Waals surface area (Å²) in [6.45, 7) is 2.05. The highest BCUT2D eigenvalue weighted by Crippen LogP contribution is 2.28. The van der Waals surface area contributed by atoms with Gasteiger partial charge in [-0.1, -0.05) is 30.3 Å². The van der Waals surface area contributed by atoms with Crippen LogP contribution in [0.15, 0.2) is 46.9 Å². The molecule has 1 N–H and O–H groups in total. The van der Waals surface area contributed by atoms with Crippen molar-refractivity contribution in [3.05, 3.63) is 48.2 Å². The van der Waals surface area contributed by atoms with Crippen molar-refractivity contribution >= 4 is 27.6 Å². The van der Waals surface area contributed by atoms with E-state index in [4.69, 9.17) is 4.42 Å². The van der Waals surface area contributed by atoms with Crippen molar-refractivity contribution in [1.82, 2.24) is 10.2 Å². The number of benzene rings is 2. The number of fused-ring (bicyclic) bond motifs is 3. The van der Waals surface area contributed by atoms with E-state index in [0.29, 0.717) is 5.76 Å². The lowest BCUT2D eigenvalue weighted by Crippen LogP contribution is -2.43. The van der Waals surface area contributed by atoms with E-state index in [1.807, 2.05) is 30.3 Å². The number of nitrogens with zero attached hydrogens (tertiary/aromatic N) is 1. The molecule has 0 unspecified atom stereocenters. The Kier molecular flexibility index (Phi) is 3.54. The molecule has 1 aromatic heterocycles. The minimum absolute atomic E-state index is 0.111. The van der Waals surface area contributed by atoms with E-state index in [-0.39, 0.29) is 11.9 Å². The number of nitrogens with one attached hydrogen (secondary N) is 1. The van der Waals surface area contributed by atoms with Crippen LogP contribution < -0.4 is 5.32 Å². The van der Waals surface area contributed by atoms with Gasteiger partial charge in [0.1, 0.15) is 5.58 Å². The maximum absolute atomic E-state index is 12.5. The number of hydrogen-bond donors (Lipinski definition) is 1. The summed E-state index contributed by atoms with van der Waals surface area (Å²) in [6.07, 6.45) is 1.98. The van der Waals surface area contributed by atoms with Gasteiger partial charge in [0.25, 0.3) is 5.91 Å². The molecule has 0 bridgehead atoms. The summed E-state index contributed by atoms with van der Waals surface area (Å²) in [5.41, 5.74) is 0.761. The lowest BCUT2D eigenvalue weighted by molar-refractivity contribution is 0.0891. The normalized spacial score (nSPS) is 16.9. The van der Waals surface area contributed by atoms with Crippen molar-refractivity contribution in [3.63, 3.8) is 0 Å². The molecule has 0 aliphatic carbocycles. The van der Waals surface area contributed by atoms with E-state index >= 15 is 0 Å². The molecule has 1 fully saturated rings. The van der Waals surface area contributed by atoms with Crippen LogP contribution in [0.2, 0.25) is 0 Å². The molecular formula is C19H20N2O2. The SMILES string of the molecule is CN1CCC(NC(=O)c2cc3c(ccc4ccccc43)o2)CC1. The second-order valence-electron chi connectivity index (χ2n) is 6.36. The first kappa shape index (κ1) is 14.3. The predicted octanol–water partition coefficient (Wildman–Crippen LogP) is 3.41. The first-order valence-electron chi connectivity index (χ1n) is 8.11. The highest BCUT2D eigenvalue weighted by Gasteiger charge is 2.21. The minimum atomic E-state index is -0.111. The molecule has 0 atom stereocenters. The fourth-order valence-corrected chi connectivity index (χ4v) is 3.31. The predicted molar refractivity (Wildman–Crippen MR) is 91.7 cm³/mol. The standard InChI is InChI=1S/C19H20N2O2/c1-21-10-8-14(9-11-21)20-19(22)18-12-16-15-5-3-2-4-13(15)6-7-17(16)23-18/h2-7,12,14H,8-11H2,1H3,(H,20,22). The van der Waals surface area contributed by atoms with Crippen molar-refractivity contribution in [2.75, 3.05) is 20.1 Å². The molecule has 4 nitrogen and oxygen atoms in total. The summed E-state index contributed by atoms with van der Waals surface area (Å²) >= 11 is 0. The molecule has 4 heteroatoms. The van der Waals surface area contributed by atoms with E-state index in [0.717, 1.165) is 47.7 Å². The van der Waals surface area contributed by atoms with Gasteiger partial charge in [-0.15, -0.1) is 0 Å². The van der Waals surface area contributed by atoms with Crippen LogP contribution in [0.4, 0.5) is 0 Å². The highest BCUT2D eigenvalue weighted by atomic mass is 16.3. The summed E-state index contributed by atoms with van der Waals surface area (Å²) in [6, 6.07) is 14.2. The molecule has 0 radical (unpaired) electrons. The van der Waals surface area contributed by atoms with Crippen molar-refractivity contribution < 1.29 is 9.21 Å². The zero-order valence-electron chi connectivity index (χ0n) is 13.2. The van der Waals surface area contributed by atoms with Gasteiger partial charge in [-0.2, -0.15) is 0 Å². The third-order valence-corrected chi connectivity index (χ3v) is 4.70. The van der Waals surface area contributed by atoms with Crippen molar-refractivity contribution in [2.45, 2.75) is 18.9 Å². The summed E-state index contributed by atoms with van der Waals surface area (Å²) in [5, 5.41) is 6.38. The van der Waals surface area contributed by atoms with Gasteiger partial charge in [0.05, 0.1) is 0 Å². The average Bonchev–Trinajstić information content (AvgIpc) is 3.02. The molecule has 1 saturated heterocycles. The smallest absolute Gasteiger partial charge is 0.287 e. The largest absolute Gasteiger partial charge is 0.451 e. The summed E-state index contributed by atoms with van der Waals surface area (Å²) < 4.78 is 5.78. The maximum atomic E-state index is 12.5. The molecule has 1 amide bonds. The summed E-state index contributed by atoms with van der Waals surface area (Å²) in [5.74, 6) is 0.287. The Bertz CT molecular complexity index is 860. The Morgan fingerprint density at radius 3 is 2.74 bits per heavy atom. The molecule has 2 aromatic carbocycles. The van der Waals surface area contributed by atoms with Crippen LogP contribution in [0, 0.1) is 0 Å². The minimum Gasteiger partial charge on any atom is -0.451 e. The molecule has 0 spiro atoms. The highest BCUT2D eigenvalue weighted by molar-refractivity contribution is 6.08. The van der Waals surface area contributed by atoms with E-state index in [1.54, 1.807) is 0 Å². The summed E-state index contributed by atoms with van der Waals surface area (Å²) in [4.78, 5) is 14.8. The third kappa shape index (κ3) is 2.70. The fraction of sp³-hybridized carbons (Fsp3) is 0.316. The van der Waals surface area contributed by atoms with Crippen molar-refractivity contribution in [1.29, 1.82) is 0 Å². The number of rotatable bonds is 2. The van der Waals surface area contributed by atoms with Gasteiger partial charge in [0.2, 0.25) is 0 Å². The fourth-order valence-electron chi connectivity index (χ4n) is 3.31. The molecule has 0 saturated carbocycles. The van der Waals surface area contributed by atoms with E-state index in [1.165, 1.54) is 0 Å². The Morgan fingerprint density at radius 2 is 1.91 bits per heavy atom. The van der Waals surface area contributed by atoms with Crippen molar-refractivity contribution in [3.8, 4) is 0 Å².